The van der Waals surface area contributed by atoms with Crippen molar-refractivity contribution in [3.05, 3.63) is 72.3 Å². The first-order valence-corrected chi connectivity index (χ1v) is 7.64. The molecule has 0 saturated heterocycles. The summed E-state index contributed by atoms with van der Waals surface area (Å²) in [5, 5.41) is 11.2. The van der Waals surface area contributed by atoms with Gasteiger partial charge in [0.05, 0.1) is 0 Å². The van der Waals surface area contributed by atoms with E-state index in [0.717, 1.165) is 16.5 Å². The predicted octanol–water partition coefficient (Wildman–Crippen LogP) is 4.13. The molecule has 0 spiro atoms. The molecule has 0 fully saturated rings. The SMILES string of the molecule is O=C(/C=C/c1ccccc1)Nc1nnc(-c2cc3ccccc3o2)o1. The van der Waals surface area contributed by atoms with Gasteiger partial charge in [-0.15, -0.1) is 5.10 Å². The van der Waals surface area contributed by atoms with Crippen LogP contribution in [0.1, 0.15) is 5.56 Å². The van der Waals surface area contributed by atoms with Crippen LogP contribution in [0.25, 0.3) is 28.7 Å². The van der Waals surface area contributed by atoms with Crippen LogP contribution in [-0.2, 0) is 4.79 Å². The highest BCUT2D eigenvalue weighted by atomic mass is 16.4. The first-order valence-electron chi connectivity index (χ1n) is 7.64. The minimum Gasteiger partial charge on any atom is -0.451 e. The molecule has 0 radical (unpaired) electrons. The Morgan fingerprint density at radius 2 is 1.76 bits per heavy atom. The summed E-state index contributed by atoms with van der Waals surface area (Å²) in [4.78, 5) is 11.9. The lowest BCUT2D eigenvalue weighted by molar-refractivity contribution is -0.112. The molecule has 4 aromatic rings. The summed E-state index contributed by atoms with van der Waals surface area (Å²) in [6.45, 7) is 0. The van der Waals surface area contributed by atoms with Crippen molar-refractivity contribution in [3.63, 3.8) is 0 Å². The maximum Gasteiger partial charge on any atom is 0.322 e. The fourth-order valence-electron chi connectivity index (χ4n) is 2.34. The van der Waals surface area contributed by atoms with Gasteiger partial charge in [-0.25, -0.2) is 0 Å². The fraction of sp³-hybridized carbons (Fsp3) is 0. The summed E-state index contributed by atoms with van der Waals surface area (Å²) in [7, 11) is 0. The summed E-state index contributed by atoms with van der Waals surface area (Å²) in [5.74, 6) is 0.302. The van der Waals surface area contributed by atoms with Crippen molar-refractivity contribution < 1.29 is 13.6 Å². The average molecular weight is 331 g/mol. The summed E-state index contributed by atoms with van der Waals surface area (Å²) >= 11 is 0. The Bertz CT molecular complexity index is 1010. The van der Waals surface area contributed by atoms with Gasteiger partial charge in [-0.1, -0.05) is 53.6 Å². The molecular formula is C19H13N3O3. The van der Waals surface area contributed by atoms with Gasteiger partial charge in [0.15, 0.2) is 5.76 Å². The van der Waals surface area contributed by atoms with Gasteiger partial charge in [0.1, 0.15) is 5.58 Å². The Labute approximate surface area is 142 Å². The van der Waals surface area contributed by atoms with Crippen LogP contribution >= 0.6 is 0 Å². The molecule has 6 heteroatoms. The lowest BCUT2D eigenvalue weighted by atomic mass is 10.2. The number of benzene rings is 2. The van der Waals surface area contributed by atoms with Crippen LogP contribution in [0.5, 0.6) is 0 Å². The zero-order valence-electron chi connectivity index (χ0n) is 13.0. The van der Waals surface area contributed by atoms with Crippen LogP contribution in [0.3, 0.4) is 0 Å². The molecule has 1 amide bonds. The average Bonchev–Trinajstić information content (AvgIpc) is 3.27. The van der Waals surface area contributed by atoms with Gasteiger partial charge >= 0.3 is 6.01 Å². The van der Waals surface area contributed by atoms with Crippen molar-refractivity contribution >= 4 is 29.0 Å². The first-order chi connectivity index (χ1) is 12.3. The maximum atomic E-state index is 11.9. The van der Waals surface area contributed by atoms with Gasteiger partial charge < -0.3 is 8.83 Å². The molecule has 6 nitrogen and oxygen atoms in total. The summed E-state index contributed by atoms with van der Waals surface area (Å²) < 4.78 is 11.1. The Hall–Kier alpha value is -3.67. The Morgan fingerprint density at radius 3 is 2.60 bits per heavy atom. The lowest BCUT2D eigenvalue weighted by Gasteiger charge is -1.94. The topological polar surface area (TPSA) is 81.2 Å². The monoisotopic (exact) mass is 331 g/mol. The van der Waals surface area contributed by atoms with E-state index in [4.69, 9.17) is 8.83 Å². The Balaban J connectivity index is 1.47. The molecule has 2 aromatic heterocycles. The summed E-state index contributed by atoms with van der Waals surface area (Å²) in [5.41, 5.74) is 1.65. The number of nitrogens with one attached hydrogen (secondary N) is 1. The third kappa shape index (κ3) is 3.32. The minimum atomic E-state index is -0.358. The second kappa shape index (κ2) is 6.45. The molecule has 0 aliphatic rings. The number of furan rings is 1. The molecule has 1 N–H and O–H groups in total. The molecule has 2 aromatic carbocycles. The van der Waals surface area contributed by atoms with Gasteiger partial charge in [0.25, 0.3) is 11.8 Å². The van der Waals surface area contributed by atoms with E-state index in [0.29, 0.717) is 5.76 Å². The number of amides is 1. The quantitative estimate of drug-likeness (QED) is 0.569. The van der Waals surface area contributed by atoms with Gasteiger partial charge in [0.2, 0.25) is 0 Å². The zero-order valence-corrected chi connectivity index (χ0v) is 13.0. The van der Waals surface area contributed by atoms with Crippen molar-refractivity contribution in [1.82, 2.24) is 10.2 Å². The second-order valence-corrected chi connectivity index (χ2v) is 5.29. The number of carbonyl (C=O) groups is 1. The number of rotatable bonds is 4. The van der Waals surface area contributed by atoms with Gasteiger partial charge in [-0.3, -0.25) is 10.1 Å². The molecular weight excluding hydrogens is 318 g/mol. The molecule has 4 rings (SSSR count). The third-order valence-corrected chi connectivity index (χ3v) is 3.52. The summed E-state index contributed by atoms with van der Waals surface area (Å²) in [6.07, 6.45) is 3.10. The number of fused-ring (bicyclic) bond motifs is 1. The molecule has 0 unspecified atom stereocenters. The predicted molar refractivity (Wildman–Crippen MR) is 93.6 cm³/mol. The lowest BCUT2D eigenvalue weighted by Crippen LogP contribution is -2.07. The highest BCUT2D eigenvalue weighted by molar-refractivity contribution is 6.00. The van der Waals surface area contributed by atoms with Crippen LogP contribution in [0, 0.1) is 0 Å². The highest BCUT2D eigenvalue weighted by Gasteiger charge is 2.14. The molecule has 25 heavy (non-hydrogen) atoms. The van der Waals surface area contributed by atoms with E-state index in [2.05, 4.69) is 15.5 Å². The van der Waals surface area contributed by atoms with Crippen molar-refractivity contribution in [3.8, 4) is 11.7 Å². The molecule has 0 aliphatic heterocycles. The standard InChI is InChI=1S/C19H13N3O3/c23-17(11-10-13-6-2-1-3-7-13)20-19-22-21-18(25-19)16-12-14-8-4-5-9-15(14)24-16/h1-12H,(H,20,22,23)/b11-10+. The summed E-state index contributed by atoms with van der Waals surface area (Å²) in [6, 6.07) is 18.9. The number of anilines is 1. The smallest absolute Gasteiger partial charge is 0.322 e. The zero-order chi connectivity index (χ0) is 17.1. The van der Waals surface area contributed by atoms with Crippen molar-refractivity contribution in [2.75, 3.05) is 5.32 Å². The molecule has 0 atom stereocenters. The fourth-order valence-corrected chi connectivity index (χ4v) is 2.34. The van der Waals surface area contributed by atoms with Crippen molar-refractivity contribution in [2.24, 2.45) is 0 Å². The van der Waals surface area contributed by atoms with Crippen LogP contribution in [0.4, 0.5) is 6.01 Å². The van der Waals surface area contributed by atoms with E-state index in [1.54, 1.807) is 6.08 Å². The van der Waals surface area contributed by atoms with Crippen LogP contribution in [0.15, 0.2) is 75.6 Å². The maximum absolute atomic E-state index is 11.9. The van der Waals surface area contributed by atoms with Gasteiger partial charge in [0, 0.05) is 11.5 Å². The van der Waals surface area contributed by atoms with Gasteiger partial charge in [-0.05, 0) is 23.8 Å². The van der Waals surface area contributed by atoms with Crippen molar-refractivity contribution in [2.45, 2.75) is 0 Å². The molecule has 2 heterocycles. The van der Waals surface area contributed by atoms with E-state index in [1.807, 2.05) is 60.7 Å². The largest absolute Gasteiger partial charge is 0.451 e. The van der Waals surface area contributed by atoms with E-state index in [1.165, 1.54) is 6.08 Å². The number of hydrogen-bond donors (Lipinski definition) is 1. The Morgan fingerprint density at radius 1 is 0.960 bits per heavy atom. The van der Waals surface area contributed by atoms with Crippen LogP contribution in [0.2, 0.25) is 0 Å². The highest BCUT2D eigenvalue weighted by Crippen LogP contribution is 2.27. The second-order valence-electron chi connectivity index (χ2n) is 5.29. The van der Waals surface area contributed by atoms with E-state index < -0.39 is 0 Å². The van der Waals surface area contributed by atoms with Crippen LogP contribution in [-0.4, -0.2) is 16.1 Å². The Kier molecular flexibility index (Phi) is 3.84. The molecule has 0 aliphatic carbocycles. The number of hydrogen-bond acceptors (Lipinski definition) is 5. The number of aromatic nitrogens is 2. The number of carbonyl (C=O) groups excluding carboxylic acids is 1. The third-order valence-electron chi connectivity index (χ3n) is 3.52. The molecule has 0 bridgehead atoms. The van der Waals surface area contributed by atoms with E-state index in [9.17, 15) is 4.79 Å². The normalized spacial score (nSPS) is 11.2. The number of para-hydroxylation sites is 1. The number of nitrogens with zero attached hydrogens (tertiary/aromatic N) is 2. The van der Waals surface area contributed by atoms with Crippen LogP contribution < -0.4 is 5.32 Å². The molecule has 0 saturated carbocycles. The van der Waals surface area contributed by atoms with Crippen molar-refractivity contribution in [1.29, 1.82) is 0 Å². The van der Waals surface area contributed by atoms with Gasteiger partial charge in [-0.2, -0.15) is 0 Å². The molecule has 122 valence electrons. The first kappa shape index (κ1) is 14.9. The van der Waals surface area contributed by atoms with E-state index >= 15 is 0 Å². The minimum absolute atomic E-state index is 0.0122. The van der Waals surface area contributed by atoms with E-state index in [-0.39, 0.29) is 17.8 Å².